The first-order valence-corrected chi connectivity index (χ1v) is 10.7. The van der Waals surface area contributed by atoms with Gasteiger partial charge in [0.05, 0.1) is 0 Å². The summed E-state index contributed by atoms with van der Waals surface area (Å²) in [4.78, 5) is 28.3. The van der Waals surface area contributed by atoms with Gasteiger partial charge < -0.3 is 9.80 Å². The van der Waals surface area contributed by atoms with Crippen molar-refractivity contribution in [1.29, 1.82) is 0 Å². The monoisotopic (exact) mass is 384 g/mol. The number of carbonyl (C=O) groups is 2. The Kier molecular flexibility index (Phi) is 4.28. The fourth-order valence-corrected chi connectivity index (χ4v) is 7.46. The molecule has 5 rings (SSSR count). The van der Waals surface area contributed by atoms with Crippen molar-refractivity contribution in [3.05, 3.63) is 71.8 Å². The molecule has 0 spiro atoms. The van der Waals surface area contributed by atoms with Crippen LogP contribution in [0, 0.1) is 0 Å². The maximum Gasteiger partial charge on any atom is 0.261 e. The molecule has 2 aromatic rings. The number of carbonyl (C=O) groups excluding carboxylic acids is 2. The first-order valence-electron chi connectivity index (χ1n) is 8.51. The van der Waals surface area contributed by atoms with Crippen molar-refractivity contribution in [2.24, 2.45) is 0 Å². The Morgan fingerprint density at radius 1 is 0.692 bits per heavy atom. The highest BCUT2D eigenvalue weighted by Gasteiger charge is 2.67. The largest absolute Gasteiger partial charge is 0.319 e. The Balaban J connectivity index is 1.70. The average molecular weight is 385 g/mol. The Morgan fingerprint density at radius 2 is 1.04 bits per heavy atom. The standard InChI is InChI=1S/C20H20N2O2S2/c1-21-17(23)20(14-16-11-7-4-8-12-16)22(2)18(24)19(21,25-26-20)13-15-9-5-3-6-10-15/h3-12H,13-14H2,1-2H3. The third kappa shape index (κ3) is 2.47. The normalized spacial score (nSPS) is 27.9. The summed E-state index contributed by atoms with van der Waals surface area (Å²) in [7, 11) is 6.59. The molecule has 3 aliphatic heterocycles. The van der Waals surface area contributed by atoms with Crippen molar-refractivity contribution in [3.63, 3.8) is 0 Å². The lowest BCUT2D eigenvalue weighted by Gasteiger charge is -2.59. The minimum Gasteiger partial charge on any atom is -0.319 e. The van der Waals surface area contributed by atoms with E-state index in [4.69, 9.17) is 0 Å². The van der Waals surface area contributed by atoms with Crippen LogP contribution < -0.4 is 0 Å². The molecule has 0 aromatic heterocycles. The van der Waals surface area contributed by atoms with E-state index in [0.29, 0.717) is 12.8 Å². The van der Waals surface area contributed by atoms with E-state index in [2.05, 4.69) is 0 Å². The molecule has 0 N–H and O–H groups in total. The maximum absolute atomic E-state index is 13.4. The number of nitrogens with zero attached hydrogens (tertiary/aromatic N) is 2. The summed E-state index contributed by atoms with van der Waals surface area (Å²) in [5.74, 6) is 0.00580. The van der Waals surface area contributed by atoms with E-state index < -0.39 is 9.74 Å². The number of piperazine rings is 1. The molecule has 2 unspecified atom stereocenters. The van der Waals surface area contributed by atoms with E-state index in [1.165, 1.54) is 21.6 Å². The van der Waals surface area contributed by atoms with Crippen LogP contribution >= 0.6 is 21.6 Å². The summed E-state index contributed by atoms with van der Waals surface area (Å²) in [6, 6.07) is 19.8. The average Bonchev–Trinajstić information content (AvgIpc) is 2.67. The fourth-order valence-electron chi connectivity index (χ4n) is 3.65. The van der Waals surface area contributed by atoms with E-state index >= 15 is 0 Å². The van der Waals surface area contributed by atoms with Gasteiger partial charge in [-0.05, 0) is 11.1 Å². The van der Waals surface area contributed by atoms with Gasteiger partial charge in [-0.3, -0.25) is 9.59 Å². The van der Waals surface area contributed by atoms with Crippen molar-refractivity contribution < 1.29 is 9.59 Å². The van der Waals surface area contributed by atoms with Crippen LogP contribution in [0.1, 0.15) is 11.1 Å². The second-order valence-corrected chi connectivity index (χ2v) is 9.47. The summed E-state index contributed by atoms with van der Waals surface area (Å²) in [5, 5.41) is 0. The highest BCUT2D eigenvalue weighted by molar-refractivity contribution is 8.78. The predicted octanol–water partition coefficient (Wildman–Crippen LogP) is 3.19. The highest BCUT2D eigenvalue weighted by atomic mass is 33.1. The molecule has 134 valence electrons. The lowest BCUT2D eigenvalue weighted by molar-refractivity contribution is -0.163. The van der Waals surface area contributed by atoms with Crippen molar-refractivity contribution in [1.82, 2.24) is 9.80 Å². The number of likely N-dealkylation sites (N-methyl/N-ethyl adjacent to an activating group) is 2. The molecular formula is C20H20N2O2S2. The van der Waals surface area contributed by atoms with Crippen LogP contribution in [0.3, 0.4) is 0 Å². The highest BCUT2D eigenvalue weighted by Crippen LogP contribution is 2.59. The third-order valence-electron chi connectivity index (χ3n) is 5.25. The van der Waals surface area contributed by atoms with Gasteiger partial charge in [0, 0.05) is 26.9 Å². The number of hydrogen-bond donors (Lipinski definition) is 0. The molecule has 4 nitrogen and oxygen atoms in total. The predicted molar refractivity (Wildman–Crippen MR) is 106 cm³/mol. The van der Waals surface area contributed by atoms with Gasteiger partial charge in [-0.15, -0.1) is 0 Å². The van der Waals surface area contributed by atoms with Gasteiger partial charge >= 0.3 is 0 Å². The number of hydrogen-bond acceptors (Lipinski definition) is 4. The van der Waals surface area contributed by atoms with Crippen molar-refractivity contribution in [2.75, 3.05) is 14.1 Å². The zero-order valence-electron chi connectivity index (χ0n) is 14.7. The zero-order chi connectivity index (χ0) is 18.4. The number of fused-ring (bicyclic) bond motifs is 3. The van der Waals surface area contributed by atoms with Gasteiger partial charge in [0.1, 0.15) is 0 Å². The summed E-state index contributed by atoms with van der Waals surface area (Å²) in [5.41, 5.74) is 2.11. The Bertz CT molecular complexity index is 774. The molecule has 3 heterocycles. The fraction of sp³-hybridized carbons (Fsp3) is 0.300. The van der Waals surface area contributed by atoms with Gasteiger partial charge in [-0.2, -0.15) is 0 Å². The molecule has 6 heteroatoms. The van der Waals surface area contributed by atoms with E-state index in [0.717, 1.165) is 11.1 Å². The maximum atomic E-state index is 13.4. The second kappa shape index (κ2) is 6.35. The van der Waals surface area contributed by atoms with Gasteiger partial charge in [0.15, 0.2) is 9.74 Å². The quantitative estimate of drug-likeness (QED) is 0.759. The summed E-state index contributed by atoms with van der Waals surface area (Å²) in [6.45, 7) is 0. The van der Waals surface area contributed by atoms with Crippen LogP contribution in [0.4, 0.5) is 0 Å². The number of benzene rings is 2. The van der Waals surface area contributed by atoms with E-state index in [-0.39, 0.29) is 11.8 Å². The summed E-state index contributed by atoms with van der Waals surface area (Å²) >= 11 is 0. The zero-order valence-corrected chi connectivity index (χ0v) is 16.3. The topological polar surface area (TPSA) is 40.6 Å². The van der Waals surface area contributed by atoms with Crippen LogP contribution in [-0.2, 0) is 22.4 Å². The molecule has 0 aliphatic carbocycles. The minimum absolute atomic E-state index is 0.00290. The Hall–Kier alpha value is -1.92. The first-order chi connectivity index (χ1) is 12.5. The molecule has 2 bridgehead atoms. The molecule has 3 saturated heterocycles. The van der Waals surface area contributed by atoms with Crippen LogP contribution in [0.25, 0.3) is 0 Å². The van der Waals surface area contributed by atoms with Gasteiger partial charge in [0.25, 0.3) is 11.8 Å². The number of amides is 2. The molecule has 26 heavy (non-hydrogen) atoms. The first kappa shape index (κ1) is 17.5. The van der Waals surface area contributed by atoms with E-state index in [1.807, 2.05) is 60.7 Å². The van der Waals surface area contributed by atoms with Gasteiger partial charge in [-0.1, -0.05) is 82.3 Å². The van der Waals surface area contributed by atoms with E-state index in [9.17, 15) is 9.59 Å². The molecule has 0 radical (unpaired) electrons. The molecule has 0 saturated carbocycles. The second-order valence-electron chi connectivity index (χ2n) is 6.79. The van der Waals surface area contributed by atoms with Crippen LogP contribution in [0.15, 0.2) is 60.7 Å². The van der Waals surface area contributed by atoms with Crippen molar-refractivity contribution in [2.45, 2.75) is 22.6 Å². The SMILES string of the molecule is CN1C(=O)C2(Cc3ccccc3)SSC1(Cc1ccccc1)C(=O)N2C. The summed E-state index contributed by atoms with van der Waals surface area (Å²) in [6.07, 6.45) is 1.02. The number of rotatable bonds is 4. The van der Waals surface area contributed by atoms with Gasteiger partial charge in [0.2, 0.25) is 0 Å². The minimum atomic E-state index is -0.879. The molecule has 3 aliphatic rings. The third-order valence-corrected chi connectivity index (χ3v) is 8.98. The Labute approximate surface area is 161 Å². The van der Waals surface area contributed by atoms with Gasteiger partial charge in [-0.25, -0.2) is 0 Å². The van der Waals surface area contributed by atoms with Crippen LogP contribution in [0.5, 0.6) is 0 Å². The molecule has 2 amide bonds. The summed E-state index contributed by atoms with van der Waals surface area (Å²) < 4.78 is 0. The molecular weight excluding hydrogens is 364 g/mol. The molecule has 2 aromatic carbocycles. The smallest absolute Gasteiger partial charge is 0.261 e. The van der Waals surface area contributed by atoms with E-state index in [1.54, 1.807) is 23.9 Å². The molecule has 3 fully saturated rings. The van der Waals surface area contributed by atoms with Crippen molar-refractivity contribution in [3.8, 4) is 0 Å². The lowest BCUT2D eigenvalue weighted by Crippen LogP contribution is -2.76. The van der Waals surface area contributed by atoms with Crippen molar-refractivity contribution >= 4 is 33.4 Å². The molecule has 2 atom stereocenters. The lowest BCUT2D eigenvalue weighted by atomic mass is 9.94. The van der Waals surface area contributed by atoms with Crippen LogP contribution in [0.2, 0.25) is 0 Å². The Morgan fingerprint density at radius 3 is 1.38 bits per heavy atom. The van der Waals surface area contributed by atoms with Crippen LogP contribution in [-0.4, -0.2) is 45.5 Å².